The van der Waals surface area contributed by atoms with E-state index in [0.717, 1.165) is 18.3 Å². The fourth-order valence-electron chi connectivity index (χ4n) is 9.95. The second kappa shape index (κ2) is 33.6. The van der Waals surface area contributed by atoms with Crippen LogP contribution in [0.4, 0.5) is 11.6 Å². The molecule has 3 rings (SSSR count). The van der Waals surface area contributed by atoms with Crippen molar-refractivity contribution in [2.75, 3.05) is 11.1 Å². The van der Waals surface area contributed by atoms with Crippen molar-refractivity contribution in [2.45, 2.75) is 144 Å². The number of esters is 2. The number of nitrogen functional groups attached to an aromatic ring is 1. The Morgan fingerprint density at radius 3 is 1.26 bits per heavy atom. The highest BCUT2D eigenvalue weighted by Crippen LogP contribution is 2.58. The number of hydrogen-bond donors (Lipinski definition) is 18. The van der Waals surface area contributed by atoms with Crippen molar-refractivity contribution in [3.63, 3.8) is 0 Å². The topological polar surface area (TPSA) is 756 Å². The predicted octanol–water partition coefficient (Wildman–Crippen LogP) is -6.07. The van der Waals surface area contributed by atoms with Crippen LogP contribution in [-0.2, 0) is 88.0 Å². The lowest BCUT2D eigenvalue weighted by molar-refractivity contribution is -0.202. The lowest BCUT2D eigenvalue weighted by Gasteiger charge is -2.57. The highest BCUT2D eigenvalue weighted by molar-refractivity contribution is 6.39. The summed E-state index contributed by atoms with van der Waals surface area (Å²) < 4.78 is 5.08. The van der Waals surface area contributed by atoms with Crippen LogP contribution in [0.5, 0.6) is 0 Å². The minimum Gasteiger partial charge on any atom is -0.481 e. The van der Waals surface area contributed by atoms with Gasteiger partial charge in [0, 0.05) is 56.2 Å². The molecular weight excluding hydrogens is 1280 g/mol. The second-order valence-corrected chi connectivity index (χ2v) is 21.2. The lowest BCUT2D eigenvalue weighted by atomic mass is 9.42. The molecule has 1 aromatic carbocycles. The molecule has 8 unspecified atom stereocenters. The summed E-state index contributed by atoms with van der Waals surface area (Å²) in [6.07, 6.45) is -19.2. The lowest BCUT2D eigenvalue weighted by Crippen LogP contribution is -2.88. The number of benzene rings is 1. The molecule has 516 valence electrons. The van der Waals surface area contributed by atoms with Gasteiger partial charge in [0.1, 0.15) is 6.04 Å². The highest BCUT2D eigenvalue weighted by Gasteiger charge is 2.88. The number of aromatic nitrogens is 4. The molecule has 2 amide bonds. The van der Waals surface area contributed by atoms with Crippen LogP contribution < -0.4 is 56.7 Å². The van der Waals surface area contributed by atoms with Gasteiger partial charge in [-0.05, 0) is 69.2 Å². The molecule has 2 heterocycles. The molecule has 3 aromatic rings. The van der Waals surface area contributed by atoms with Crippen molar-refractivity contribution < 1.29 is 127 Å². The number of carboxylic acids is 8. The number of ether oxygens (including phenoxy) is 1. The number of nitrogens with zero attached hydrogens (tertiary/aromatic N) is 4. The van der Waals surface area contributed by atoms with E-state index in [2.05, 4.69) is 25.3 Å². The summed E-state index contributed by atoms with van der Waals surface area (Å²) in [4.78, 5) is 274. The zero-order chi connectivity index (χ0) is 72.4. The van der Waals surface area contributed by atoms with E-state index in [4.69, 9.17) is 50.6 Å². The third kappa shape index (κ3) is 18.1. The van der Waals surface area contributed by atoms with E-state index in [1.54, 1.807) is 0 Å². The monoisotopic (exact) mass is 1340 g/mol. The zero-order valence-electron chi connectivity index (χ0n) is 49.8. The Morgan fingerprint density at radius 2 is 0.874 bits per heavy atom. The van der Waals surface area contributed by atoms with Crippen LogP contribution >= 0.6 is 0 Å². The number of imide groups is 1. The molecule has 0 spiro atoms. The molecule has 8 atom stereocenters. The standard InChI is InChI=1S/C54H68N14O27/c55-24(5-12-31(69)70)39(83)52(49(92)93,40(84)25(56)6-13-32(71)72)53(41(85)26(57)7-14-33(73)74,42(86)27(58)8-15-34(75)76)54(43(87)28(59)9-16-35(77)78,50(94)95-48(91)30(61)11-18-37(81)82)68(47(90)29(60)10-17-36(79)80)46(89)21-1-3-22(4-2-21)63-19-23-20-64-44-38(65-23)45(88)67-51(62)66-44/h1-4,20,24-30,63H,5-19,55-61H2,(H,69,70)(H,71,72)(H,73,74)(H,75,76)(H,77,78)(H,79,80)(H,81,82)(H,92,93)(H3,62,64,66,67,88). The maximum atomic E-state index is 16.9. The van der Waals surface area contributed by atoms with Gasteiger partial charge in [0.25, 0.3) is 11.5 Å². The predicted molar refractivity (Wildman–Crippen MR) is 313 cm³/mol. The summed E-state index contributed by atoms with van der Waals surface area (Å²) in [6, 6.07) is -18.6. The SMILES string of the molecule is Nc1nc2ncc(CNc3ccc(C(=O)N(C(=O)C(N)CCC(=O)O)C(C(=O)OC(=O)C(N)CCC(=O)O)(C(=O)C(N)CCC(=O)O)C(C(=O)C(N)CCC(=O)O)(C(=O)C(N)CCC(=O)O)C(C(=O)O)(C(=O)C(N)CCC(=O)O)C(=O)C(N)CCC(=O)O)cc3)nc2c(=O)[nH]1. The Bertz CT molecular complexity index is 3540. The second-order valence-electron chi connectivity index (χ2n) is 21.2. The van der Waals surface area contributed by atoms with Crippen LogP contribution in [0.1, 0.15) is 106 Å². The highest BCUT2D eigenvalue weighted by atomic mass is 16.6. The quantitative estimate of drug-likeness (QED) is 0.0185. The van der Waals surface area contributed by atoms with Gasteiger partial charge in [-0.1, -0.05) is 0 Å². The number of fused-ring (bicyclic) bond motifs is 1. The number of hydrogen-bond acceptors (Lipinski definition) is 31. The van der Waals surface area contributed by atoms with Crippen molar-refractivity contribution in [2.24, 2.45) is 51.0 Å². The first-order valence-corrected chi connectivity index (χ1v) is 28.0. The third-order valence-corrected chi connectivity index (χ3v) is 14.6. The molecule has 0 aliphatic heterocycles. The van der Waals surface area contributed by atoms with E-state index >= 15 is 43.2 Å². The molecule has 2 aromatic heterocycles. The van der Waals surface area contributed by atoms with E-state index in [1.165, 1.54) is 0 Å². The molecule has 0 saturated heterocycles. The molecule has 0 radical (unpaired) electrons. The molecule has 0 aliphatic carbocycles. The van der Waals surface area contributed by atoms with Crippen molar-refractivity contribution in [3.05, 3.63) is 52.1 Å². The minimum atomic E-state index is -5.86. The normalized spacial score (nSPS) is 15.4. The van der Waals surface area contributed by atoms with Gasteiger partial charge in [0.05, 0.1) is 54.7 Å². The summed E-state index contributed by atoms with van der Waals surface area (Å²) in [5, 5.41) is 83.9. The number of nitrogens with one attached hydrogen (secondary N) is 2. The maximum absolute atomic E-state index is 16.9. The van der Waals surface area contributed by atoms with E-state index in [0.29, 0.717) is 12.1 Å². The molecule has 26 N–H and O–H groups in total. The van der Waals surface area contributed by atoms with Crippen molar-refractivity contribution >= 4 is 123 Å². The number of carbonyl (C=O) groups excluding carboxylic acids is 9. The van der Waals surface area contributed by atoms with Crippen LogP contribution in [-0.4, -0.2) is 214 Å². The summed E-state index contributed by atoms with van der Waals surface area (Å²) >= 11 is 0. The number of rotatable bonds is 42. The van der Waals surface area contributed by atoms with Gasteiger partial charge in [0.2, 0.25) is 22.8 Å². The Kier molecular flexibility index (Phi) is 27.8. The summed E-state index contributed by atoms with van der Waals surface area (Å²) in [6.45, 7) is -0.400. The number of Topliss-reactive ketones (excluding diaryl/α,β-unsaturated/α-hetero) is 5. The number of aromatic amines is 1. The number of H-pyrrole nitrogens is 1. The number of anilines is 2. The van der Waals surface area contributed by atoms with Crippen LogP contribution in [0.3, 0.4) is 0 Å². The minimum absolute atomic E-state index is 0.0229. The van der Waals surface area contributed by atoms with Crippen LogP contribution in [0.25, 0.3) is 11.2 Å². The number of nitrogens with two attached hydrogens (primary N) is 8. The summed E-state index contributed by atoms with van der Waals surface area (Å²) in [7, 11) is 0. The molecule has 41 nitrogen and oxygen atoms in total. The van der Waals surface area contributed by atoms with E-state index in [9.17, 15) is 84.0 Å². The van der Waals surface area contributed by atoms with Gasteiger partial charge in [-0.3, -0.25) is 86.6 Å². The molecule has 95 heavy (non-hydrogen) atoms. The van der Waals surface area contributed by atoms with Crippen LogP contribution in [0.15, 0.2) is 35.3 Å². The van der Waals surface area contributed by atoms with Crippen LogP contribution in [0.2, 0.25) is 0 Å². The Morgan fingerprint density at radius 1 is 0.505 bits per heavy atom. The van der Waals surface area contributed by atoms with E-state index in [-0.39, 0.29) is 28.5 Å². The van der Waals surface area contributed by atoms with Gasteiger partial charge < -0.3 is 96.8 Å². The molecule has 41 heteroatoms. The Hall–Kier alpha value is -10.8. The van der Waals surface area contributed by atoms with Crippen molar-refractivity contribution in [1.82, 2.24) is 24.8 Å². The molecule has 0 aliphatic rings. The van der Waals surface area contributed by atoms with Crippen molar-refractivity contribution in [3.8, 4) is 0 Å². The maximum Gasteiger partial charge on any atom is 0.349 e. The number of carbonyl (C=O) groups is 17. The number of carboxylic acid groups (broad SMARTS) is 8. The molecule has 0 bridgehead atoms. The van der Waals surface area contributed by atoms with E-state index < -0.39 is 272 Å². The smallest absolute Gasteiger partial charge is 0.349 e. The molecule has 0 saturated carbocycles. The van der Waals surface area contributed by atoms with Gasteiger partial charge in [-0.15, -0.1) is 0 Å². The summed E-state index contributed by atoms with van der Waals surface area (Å²) in [5.41, 5.74) is 29.5. The summed E-state index contributed by atoms with van der Waals surface area (Å²) in [5.74, 6) is -42.8. The average molecular weight is 1350 g/mol. The van der Waals surface area contributed by atoms with Crippen molar-refractivity contribution in [1.29, 1.82) is 0 Å². The van der Waals surface area contributed by atoms with E-state index in [1.807, 2.05) is 0 Å². The van der Waals surface area contributed by atoms with Crippen LogP contribution in [0, 0.1) is 10.8 Å². The number of ketones is 5. The fraction of sp³-hybridized carbons (Fsp3) is 0.463. The number of amides is 2. The largest absolute Gasteiger partial charge is 0.481 e. The molecule has 0 fully saturated rings. The first kappa shape index (κ1) is 78.4. The molecular formula is C54H68N14O27. The average Bonchev–Trinajstić information content (AvgIpc) is 0.659. The van der Waals surface area contributed by atoms with Gasteiger partial charge in [-0.2, -0.15) is 4.98 Å². The van der Waals surface area contributed by atoms with Gasteiger partial charge >= 0.3 is 59.7 Å². The Balaban J connectivity index is 3.17. The third-order valence-electron chi connectivity index (χ3n) is 14.6. The Labute approximate surface area is 532 Å². The zero-order valence-corrected chi connectivity index (χ0v) is 49.8. The van der Waals surface area contributed by atoms with Gasteiger partial charge in [-0.25, -0.2) is 19.6 Å². The van der Waals surface area contributed by atoms with Gasteiger partial charge in [0.15, 0.2) is 45.5 Å². The first-order chi connectivity index (χ1) is 44.2. The fourth-order valence-corrected chi connectivity index (χ4v) is 9.95. The first-order valence-electron chi connectivity index (χ1n) is 28.0. The number of aliphatic carboxylic acids is 8.